The van der Waals surface area contributed by atoms with Gasteiger partial charge in [-0.3, -0.25) is 0 Å². The van der Waals surface area contributed by atoms with Crippen LogP contribution in [0.4, 0.5) is 10.5 Å². The summed E-state index contributed by atoms with van der Waals surface area (Å²) < 4.78 is 4.99. The second-order valence-corrected chi connectivity index (χ2v) is 4.37. The largest absolute Gasteiger partial charge is 0.548 e. The number of carbonyl (C=O) groups is 2. The fourth-order valence-electron chi connectivity index (χ4n) is 1.48. The lowest BCUT2D eigenvalue weighted by Crippen LogP contribution is -2.51. The number of methoxy groups -OCH3 is 1. The Balaban J connectivity index is 2.61. The Labute approximate surface area is 111 Å². The van der Waals surface area contributed by atoms with Crippen LogP contribution in [0.15, 0.2) is 24.3 Å². The van der Waals surface area contributed by atoms with Crippen molar-refractivity contribution in [3.63, 3.8) is 0 Å². The lowest BCUT2D eigenvalue weighted by atomic mass is 10.1. The SMILES string of the molecule is COc1ccc(NC(=O)N[C@H](C(=O)[O-])C(C)C)cc1. The van der Waals surface area contributed by atoms with Gasteiger partial charge in [-0.2, -0.15) is 0 Å². The van der Waals surface area contributed by atoms with Crippen molar-refractivity contribution in [3.05, 3.63) is 24.3 Å². The van der Waals surface area contributed by atoms with E-state index < -0.39 is 18.0 Å². The van der Waals surface area contributed by atoms with E-state index in [1.165, 1.54) is 0 Å². The topological polar surface area (TPSA) is 90.5 Å². The molecule has 19 heavy (non-hydrogen) atoms. The third kappa shape index (κ3) is 4.50. The van der Waals surface area contributed by atoms with Gasteiger partial charge in [0.05, 0.1) is 19.1 Å². The summed E-state index contributed by atoms with van der Waals surface area (Å²) in [5.74, 6) is -0.896. The molecule has 2 N–H and O–H groups in total. The summed E-state index contributed by atoms with van der Waals surface area (Å²) in [5, 5.41) is 15.7. The maximum atomic E-state index is 11.6. The van der Waals surface area contributed by atoms with Crippen molar-refractivity contribution in [1.29, 1.82) is 0 Å². The zero-order chi connectivity index (χ0) is 14.4. The first kappa shape index (κ1) is 14.8. The molecule has 1 aromatic carbocycles. The van der Waals surface area contributed by atoms with Gasteiger partial charge in [0.25, 0.3) is 0 Å². The van der Waals surface area contributed by atoms with Crippen LogP contribution in [0.3, 0.4) is 0 Å². The highest BCUT2D eigenvalue weighted by molar-refractivity contribution is 5.92. The lowest BCUT2D eigenvalue weighted by Gasteiger charge is -2.23. The molecule has 0 fully saturated rings. The van der Waals surface area contributed by atoms with Crippen molar-refractivity contribution in [2.75, 3.05) is 12.4 Å². The summed E-state index contributed by atoms with van der Waals surface area (Å²) in [6.07, 6.45) is 0. The average Bonchev–Trinajstić information content (AvgIpc) is 2.36. The van der Waals surface area contributed by atoms with Gasteiger partial charge in [-0.05, 0) is 30.2 Å². The van der Waals surface area contributed by atoms with Gasteiger partial charge in [0.2, 0.25) is 0 Å². The van der Waals surface area contributed by atoms with Gasteiger partial charge in [0, 0.05) is 5.69 Å². The molecule has 0 unspecified atom stereocenters. The molecule has 0 spiro atoms. The molecule has 0 heterocycles. The Bertz CT molecular complexity index is 442. The number of urea groups is 1. The number of hydrogen-bond donors (Lipinski definition) is 2. The predicted octanol–water partition coefficient (Wildman–Crippen LogP) is 0.591. The zero-order valence-corrected chi connectivity index (χ0v) is 11.1. The highest BCUT2D eigenvalue weighted by Gasteiger charge is 2.17. The van der Waals surface area contributed by atoms with Crippen LogP contribution in [0, 0.1) is 5.92 Å². The van der Waals surface area contributed by atoms with E-state index in [0.717, 1.165) is 0 Å². The van der Waals surface area contributed by atoms with Gasteiger partial charge in [-0.1, -0.05) is 13.8 Å². The van der Waals surface area contributed by atoms with Gasteiger partial charge < -0.3 is 25.3 Å². The van der Waals surface area contributed by atoms with E-state index in [9.17, 15) is 14.7 Å². The number of rotatable bonds is 5. The molecular weight excluding hydrogens is 248 g/mol. The van der Waals surface area contributed by atoms with E-state index in [1.54, 1.807) is 45.2 Å². The lowest BCUT2D eigenvalue weighted by molar-refractivity contribution is -0.309. The van der Waals surface area contributed by atoms with Crippen LogP contribution in [0.2, 0.25) is 0 Å². The first-order valence-corrected chi connectivity index (χ1v) is 5.86. The first-order valence-electron chi connectivity index (χ1n) is 5.86. The van der Waals surface area contributed by atoms with E-state index in [0.29, 0.717) is 11.4 Å². The van der Waals surface area contributed by atoms with Crippen LogP contribution in [-0.4, -0.2) is 25.2 Å². The van der Waals surface area contributed by atoms with Crippen molar-refractivity contribution in [1.82, 2.24) is 5.32 Å². The second kappa shape index (κ2) is 6.63. The fraction of sp³-hybridized carbons (Fsp3) is 0.385. The molecule has 0 aliphatic rings. The quantitative estimate of drug-likeness (QED) is 0.815. The Morgan fingerprint density at radius 1 is 1.21 bits per heavy atom. The number of carbonyl (C=O) groups excluding carboxylic acids is 2. The van der Waals surface area contributed by atoms with Crippen LogP contribution >= 0.6 is 0 Å². The molecule has 0 aliphatic heterocycles. The molecule has 0 bridgehead atoms. The first-order chi connectivity index (χ1) is 8.93. The van der Waals surface area contributed by atoms with E-state index in [4.69, 9.17) is 4.74 Å². The molecule has 0 aromatic heterocycles. The van der Waals surface area contributed by atoms with Crippen LogP contribution in [0.25, 0.3) is 0 Å². The molecule has 0 aliphatic carbocycles. The third-order valence-corrected chi connectivity index (χ3v) is 2.56. The number of anilines is 1. The predicted molar refractivity (Wildman–Crippen MR) is 68.8 cm³/mol. The highest BCUT2D eigenvalue weighted by atomic mass is 16.5. The van der Waals surface area contributed by atoms with Crippen LogP contribution < -0.4 is 20.5 Å². The van der Waals surface area contributed by atoms with Crippen LogP contribution in [0.5, 0.6) is 5.75 Å². The average molecular weight is 265 g/mol. The van der Waals surface area contributed by atoms with E-state index >= 15 is 0 Å². The number of benzene rings is 1. The van der Waals surface area contributed by atoms with E-state index in [1.807, 2.05) is 0 Å². The molecule has 1 rings (SSSR count). The number of amides is 2. The Morgan fingerprint density at radius 2 is 1.79 bits per heavy atom. The molecule has 6 nitrogen and oxygen atoms in total. The fourth-order valence-corrected chi connectivity index (χ4v) is 1.48. The van der Waals surface area contributed by atoms with E-state index in [2.05, 4.69) is 10.6 Å². The number of nitrogens with one attached hydrogen (secondary N) is 2. The van der Waals surface area contributed by atoms with E-state index in [-0.39, 0.29) is 5.92 Å². The zero-order valence-electron chi connectivity index (χ0n) is 11.1. The van der Waals surface area contributed by atoms with Crippen molar-refractivity contribution in [2.45, 2.75) is 19.9 Å². The van der Waals surface area contributed by atoms with Gasteiger partial charge in [0.1, 0.15) is 5.75 Å². The molecule has 1 atom stereocenters. The summed E-state index contributed by atoms with van der Waals surface area (Å²) >= 11 is 0. The normalized spacial score (nSPS) is 11.8. The Morgan fingerprint density at radius 3 is 2.21 bits per heavy atom. The molecule has 2 amide bonds. The summed E-state index contributed by atoms with van der Waals surface area (Å²) in [4.78, 5) is 22.5. The van der Waals surface area contributed by atoms with Gasteiger partial charge in [-0.15, -0.1) is 0 Å². The molecule has 0 saturated heterocycles. The number of carboxylic acids is 1. The highest BCUT2D eigenvalue weighted by Crippen LogP contribution is 2.14. The number of carboxylic acid groups (broad SMARTS) is 1. The van der Waals surface area contributed by atoms with Crippen LogP contribution in [0.1, 0.15) is 13.8 Å². The van der Waals surface area contributed by atoms with Gasteiger partial charge in [-0.25, -0.2) is 4.79 Å². The standard InChI is InChI=1S/C13H18N2O4/c1-8(2)11(12(16)17)15-13(18)14-9-4-6-10(19-3)7-5-9/h4-8,11H,1-3H3,(H,16,17)(H2,14,15,18)/p-1/t11-/m0/s1. The van der Waals surface area contributed by atoms with Crippen molar-refractivity contribution < 1.29 is 19.4 Å². The van der Waals surface area contributed by atoms with Gasteiger partial charge in [0.15, 0.2) is 0 Å². The summed E-state index contributed by atoms with van der Waals surface area (Å²) in [6, 6.07) is 5.07. The summed E-state index contributed by atoms with van der Waals surface area (Å²) in [6.45, 7) is 3.38. The summed E-state index contributed by atoms with van der Waals surface area (Å²) in [5.41, 5.74) is 0.541. The molecular formula is C13H17N2O4-. The maximum absolute atomic E-state index is 11.6. The molecule has 0 saturated carbocycles. The monoisotopic (exact) mass is 265 g/mol. The van der Waals surface area contributed by atoms with Crippen LogP contribution in [-0.2, 0) is 4.79 Å². The van der Waals surface area contributed by atoms with Gasteiger partial charge >= 0.3 is 6.03 Å². The van der Waals surface area contributed by atoms with Crippen molar-refractivity contribution in [2.24, 2.45) is 5.92 Å². The molecule has 104 valence electrons. The Hall–Kier alpha value is -2.24. The number of aliphatic carboxylic acids is 1. The van der Waals surface area contributed by atoms with Crippen molar-refractivity contribution >= 4 is 17.7 Å². The second-order valence-electron chi connectivity index (χ2n) is 4.37. The molecule has 0 radical (unpaired) electrons. The third-order valence-electron chi connectivity index (χ3n) is 2.56. The minimum Gasteiger partial charge on any atom is -0.548 e. The minimum absolute atomic E-state index is 0.258. The minimum atomic E-state index is -1.31. The number of hydrogen-bond acceptors (Lipinski definition) is 4. The van der Waals surface area contributed by atoms with Crippen molar-refractivity contribution in [3.8, 4) is 5.75 Å². The molecule has 1 aromatic rings. The maximum Gasteiger partial charge on any atom is 0.319 e. The summed E-state index contributed by atoms with van der Waals surface area (Å²) in [7, 11) is 1.54. The smallest absolute Gasteiger partial charge is 0.319 e. The Kier molecular flexibility index (Phi) is 5.17. The molecule has 6 heteroatoms. The number of ether oxygens (including phenoxy) is 1.